The molecule has 7 heteroatoms. The van der Waals surface area contributed by atoms with Crippen molar-refractivity contribution in [3.63, 3.8) is 0 Å². The van der Waals surface area contributed by atoms with E-state index in [2.05, 4.69) is 51.7 Å². The number of nitrogens with zero attached hydrogens (tertiary/aromatic N) is 2. The molecule has 3 heterocycles. The maximum atomic E-state index is 12.6. The van der Waals surface area contributed by atoms with Crippen LogP contribution in [0.3, 0.4) is 0 Å². The molecule has 29 heavy (non-hydrogen) atoms. The molecule has 0 aliphatic carbocycles. The Morgan fingerprint density at radius 3 is 2.69 bits per heavy atom. The number of hydrogen-bond acceptors (Lipinski definition) is 6. The number of nitrogens with one attached hydrogen (secondary N) is 2. The first-order chi connectivity index (χ1) is 14.2. The van der Waals surface area contributed by atoms with Gasteiger partial charge in [0, 0.05) is 49.5 Å². The summed E-state index contributed by atoms with van der Waals surface area (Å²) in [4.78, 5) is 21.0. The summed E-state index contributed by atoms with van der Waals surface area (Å²) in [5.41, 5.74) is 10.2. The lowest BCUT2D eigenvalue weighted by atomic mass is 10.1. The first kappa shape index (κ1) is 19.7. The highest BCUT2D eigenvalue weighted by molar-refractivity contribution is 7.21. The first-order valence-electron chi connectivity index (χ1n) is 10.2. The van der Waals surface area contributed by atoms with Crippen LogP contribution in [0.2, 0.25) is 0 Å². The number of amides is 1. The summed E-state index contributed by atoms with van der Waals surface area (Å²) in [7, 11) is 0. The molecule has 1 amide bonds. The van der Waals surface area contributed by atoms with Gasteiger partial charge in [-0.2, -0.15) is 0 Å². The van der Waals surface area contributed by atoms with Crippen LogP contribution >= 0.6 is 11.3 Å². The van der Waals surface area contributed by atoms with Gasteiger partial charge in [-0.3, -0.25) is 4.79 Å². The Balaban J connectivity index is 1.35. The van der Waals surface area contributed by atoms with Crippen LogP contribution in [0.5, 0.6) is 0 Å². The molecule has 1 fully saturated rings. The molecule has 6 nitrogen and oxygen atoms in total. The van der Waals surface area contributed by atoms with E-state index in [4.69, 9.17) is 5.73 Å². The third kappa shape index (κ3) is 4.36. The minimum Gasteiger partial charge on any atom is -0.397 e. The van der Waals surface area contributed by atoms with E-state index in [9.17, 15) is 4.79 Å². The monoisotopic (exact) mass is 409 g/mol. The number of carbonyl (C=O) groups excluding carboxylic acids is 1. The summed E-state index contributed by atoms with van der Waals surface area (Å²) in [6.07, 6.45) is 1.65. The molecular weight excluding hydrogens is 382 g/mol. The summed E-state index contributed by atoms with van der Waals surface area (Å²) < 4.78 is 0. The highest BCUT2D eigenvalue weighted by Gasteiger charge is 2.17. The molecule has 1 aliphatic rings. The fourth-order valence-electron chi connectivity index (χ4n) is 3.60. The Morgan fingerprint density at radius 1 is 1.21 bits per heavy atom. The van der Waals surface area contributed by atoms with E-state index in [1.165, 1.54) is 22.6 Å². The molecule has 152 valence electrons. The average molecular weight is 410 g/mol. The van der Waals surface area contributed by atoms with Gasteiger partial charge in [0.15, 0.2) is 0 Å². The van der Waals surface area contributed by atoms with Gasteiger partial charge in [-0.25, -0.2) is 4.98 Å². The number of fused-ring (bicyclic) bond motifs is 1. The van der Waals surface area contributed by atoms with Crippen molar-refractivity contribution in [2.45, 2.75) is 19.8 Å². The number of hydrogen-bond donors (Lipinski definition) is 3. The minimum absolute atomic E-state index is 0.124. The summed E-state index contributed by atoms with van der Waals surface area (Å²) in [6, 6.07) is 12.6. The van der Waals surface area contributed by atoms with Gasteiger partial charge in [-0.1, -0.05) is 19.1 Å². The topological polar surface area (TPSA) is 83.3 Å². The van der Waals surface area contributed by atoms with Crippen LogP contribution in [-0.4, -0.2) is 43.6 Å². The van der Waals surface area contributed by atoms with Crippen molar-refractivity contribution in [1.29, 1.82) is 0 Å². The predicted molar refractivity (Wildman–Crippen MR) is 121 cm³/mol. The summed E-state index contributed by atoms with van der Waals surface area (Å²) >= 11 is 1.37. The standard InChI is InChI=1S/C22H27N5OS/c1-2-16-5-8-18-19(23)20(29-22(18)26-16)21(28)25-10-9-15-3-6-17(7-4-15)27-13-11-24-12-14-27/h3-8,24H,2,9-14,23H2,1H3,(H,25,28). The largest absolute Gasteiger partial charge is 0.397 e. The van der Waals surface area contributed by atoms with E-state index in [0.29, 0.717) is 17.1 Å². The number of pyridine rings is 1. The van der Waals surface area contributed by atoms with Crippen molar-refractivity contribution in [2.24, 2.45) is 0 Å². The Labute approximate surface area is 175 Å². The number of carbonyl (C=O) groups is 1. The summed E-state index contributed by atoms with van der Waals surface area (Å²) in [5, 5.41) is 7.23. The predicted octanol–water partition coefficient (Wildman–Crippen LogP) is 2.82. The van der Waals surface area contributed by atoms with Crippen LogP contribution in [0.15, 0.2) is 36.4 Å². The smallest absolute Gasteiger partial charge is 0.263 e. The Morgan fingerprint density at radius 2 is 1.97 bits per heavy atom. The van der Waals surface area contributed by atoms with E-state index >= 15 is 0 Å². The van der Waals surface area contributed by atoms with E-state index in [1.54, 1.807) is 0 Å². The zero-order valence-electron chi connectivity index (χ0n) is 16.7. The van der Waals surface area contributed by atoms with Gasteiger partial charge in [0.1, 0.15) is 9.71 Å². The van der Waals surface area contributed by atoms with Gasteiger partial charge in [-0.15, -0.1) is 11.3 Å². The number of nitrogens with two attached hydrogens (primary N) is 1. The molecule has 4 rings (SSSR count). The van der Waals surface area contributed by atoms with E-state index in [1.807, 2.05) is 12.1 Å². The van der Waals surface area contributed by atoms with Crippen molar-refractivity contribution >= 4 is 38.8 Å². The molecular formula is C22H27N5OS. The van der Waals surface area contributed by atoms with Crippen molar-refractivity contribution < 1.29 is 4.79 Å². The molecule has 0 atom stereocenters. The number of rotatable bonds is 6. The van der Waals surface area contributed by atoms with Crippen LogP contribution in [0.4, 0.5) is 11.4 Å². The summed E-state index contributed by atoms with van der Waals surface area (Å²) in [6.45, 7) is 6.79. The van der Waals surface area contributed by atoms with Gasteiger partial charge in [0.2, 0.25) is 0 Å². The number of anilines is 2. The van der Waals surface area contributed by atoms with E-state index < -0.39 is 0 Å². The molecule has 0 bridgehead atoms. The fourth-order valence-corrected chi connectivity index (χ4v) is 4.63. The number of piperazine rings is 1. The second-order valence-electron chi connectivity index (χ2n) is 7.26. The van der Waals surface area contributed by atoms with Crippen LogP contribution in [0, 0.1) is 0 Å². The molecule has 1 saturated heterocycles. The molecule has 1 aliphatic heterocycles. The maximum absolute atomic E-state index is 12.6. The fraction of sp³-hybridized carbons (Fsp3) is 0.364. The number of benzene rings is 1. The quantitative estimate of drug-likeness (QED) is 0.583. The van der Waals surface area contributed by atoms with Gasteiger partial charge in [0.25, 0.3) is 5.91 Å². The van der Waals surface area contributed by atoms with Gasteiger partial charge < -0.3 is 21.3 Å². The van der Waals surface area contributed by atoms with Crippen molar-refractivity contribution in [1.82, 2.24) is 15.6 Å². The third-order valence-electron chi connectivity index (χ3n) is 5.34. The lowest BCUT2D eigenvalue weighted by molar-refractivity contribution is 0.0959. The molecule has 0 saturated carbocycles. The Bertz CT molecular complexity index is 992. The SMILES string of the molecule is CCc1ccc2c(N)c(C(=O)NCCc3ccc(N4CCNCC4)cc3)sc2n1. The molecule has 2 aromatic heterocycles. The van der Waals surface area contributed by atoms with E-state index in [0.717, 1.165) is 54.9 Å². The van der Waals surface area contributed by atoms with Crippen LogP contribution < -0.4 is 21.3 Å². The maximum Gasteiger partial charge on any atom is 0.263 e. The van der Waals surface area contributed by atoms with Crippen molar-refractivity contribution in [2.75, 3.05) is 43.4 Å². The summed E-state index contributed by atoms with van der Waals surface area (Å²) in [5.74, 6) is -0.124. The van der Waals surface area contributed by atoms with Crippen LogP contribution in [-0.2, 0) is 12.8 Å². The number of nitrogen functional groups attached to an aromatic ring is 1. The lowest BCUT2D eigenvalue weighted by Gasteiger charge is -2.29. The lowest BCUT2D eigenvalue weighted by Crippen LogP contribution is -2.43. The second-order valence-corrected chi connectivity index (χ2v) is 8.26. The second kappa shape index (κ2) is 8.80. The van der Waals surface area contributed by atoms with Crippen molar-refractivity contribution in [3.8, 4) is 0 Å². The van der Waals surface area contributed by atoms with Gasteiger partial charge in [0.05, 0.1) is 5.69 Å². The highest BCUT2D eigenvalue weighted by Crippen LogP contribution is 2.32. The molecule has 0 radical (unpaired) electrons. The highest BCUT2D eigenvalue weighted by atomic mass is 32.1. The zero-order valence-corrected chi connectivity index (χ0v) is 17.5. The van der Waals surface area contributed by atoms with Gasteiger partial charge >= 0.3 is 0 Å². The Hall–Kier alpha value is -2.64. The minimum atomic E-state index is -0.124. The van der Waals surface area contributed by atoms with Crippen LogP contribution in [0.25, 0.3) is 10.2 Å². The van der Waals surface area contributed by atoms with Gasteiger partial charge in [-0.05, 0) is 42.7 Å². The Kier molecular flexibility index (Phi) is 5.97. The molecule has 4 N–H and O–H groups in total. The third-order valence-corrected chi connectivity index (χ3v) is 6.45. The average Bonchev–Trinajstić information content (AvgIpc) is 3.10. The first-order valence-corrected chi connectivity index (χ1v) is 11.0. The van der Waals surface area contributed by atoms with Crippen LogP contribution in [0.1, 0.15) is 27.9 Å². The van der Waals surface area contributed by atoms with Crippen molar-refractivity contribution in [3.05, 3.63) is 52.5 Å². The molecule has 0 spiro atoms. The molecule has 3 aromatic rings. The molecule has 0 unspecified atom stereocenters. The number of aromatic nitrogens is 1. The number of aryl methyl sites for hydroxylation is 1. The van der Waals surface area contributed by atoms with E-state index in [-0.39, 0.29) is 5.91 Å². The number of thiophene rings is 1. The molecule has 1 aromatic carbocycles. The normalized spacial score (nSPS) is 14.3. The zero-order chi connectivity index (χ0) is 20.2.